The average Bonchev–Trinajstić information content (AvgIpc) is 2.17. The van der Waals surface area contributed by atoms with E-state index in [0.717, 1.165) is 12.8 Å². The maximum atomic E-state index is 13.7. The highest BCUT2D eigenvalue weighted by molar-refractivity contribution is 5.27. The minimum atomic E-state index is -0.413. The van der Waals surface area contributed by atoms with Crippen LogP contribution in [0.3, 0.4) is 0 Å². The third-order valence-corrected chi connectivity index (χ3v) is 2.29. The lowest BCUT2D eigenvalue weighted by molar-refractivity contribution is 0.542. The highest BCUT2D eigenvalue weighted by Crippen LogP contribution is 2.19. The molecule has 0 saturated carbocycles. The minimum absolute atomic E-state index is 0.249. The Hall–Kier alpha value is -0.920. The molecule has 0 aliphatic carbocycles. The van der Waals surface area contributed by atoms with Gasteiger partial charge in [-0.05, 0) is 24.5 Å². The molecule has 0 aliphatic heterocycles. The predicted octanol–water partition coefficient (Wildman–Crippen LogP) is 3.87. The molecular weight excluding hydrogens is 182 g/mol. The zero-order valence-electron chi connectivity index (χ0n) is 8.74. The summed E-state index contributed by atoms with van der Waals surface area (Å²) < 4.78 is 26.9. The van der Waals surface area contributed by atoms with E-state index in [9.17, 15) is 8.78 Å². The van der Waals surface area contributed by atoms with E-state index in [1.54, 1.807) is 6.07 Å². The Morgan fingerprint density at radius 1 is 1.00 bits per heavy atom. The first-order valence-electron chi connectivity index (χ1n) is 5.16. The van der Waals surface area contributed by atoms with E-state index < -0.39 is 5.82 Å². The van der Waals surface area contributed by atoms with Gasteiger partial charge in [0.15, 0.2) is 0 Å². The van der Waals surface area contributed by atoms with Crippen molar-refractivity contribution in [1.82, 2.24) is 0 Å². The van der Waals surface area contributed by atoms with Crippen LogP contribution in [0.2, 0.25) is 0 Å². The molecule has 0 unspecified atom stereocenters. The molecule has 1 aromatic carbocycles. The molecule has 0 N–H and O–H groups in total. The SMILES string of the molecule is CCCc1ccc(F)c(CCC)c1F. The molecule has 14 heavy (non-hydrogen) atoms. The van der Waals surface area contributed by atoms with Crippen LogP contribution in [0.15, 0.2) is 12.1 Å². The first kappa shape index (κ1) is 11.2. The van der Waals surface area contributed by atoms with Gasteiger partial charge < -0.3 is 0 Å². The fourth-order valence-corrected chi connectivity index (χ4v) is 1.59. The van der Waals surface area contributed by atoms with E-state index in [2.05, 4.69) is 0 Å². The third kappa shape index (κ3) is 2.31. The molecule has 0 radical (unpaired) electrons. The highest BCUT2D eigenvalue weighted by Gasteiger charge is 2.11. The van der Waals surface area contributed by atoms with Crippen LogP contribution in [0, 0.1) is 11.6 Å². The molecule has 0 fully saturated rings. The maximum absolute atomic E-state index is 13.7. The summed E-state index contributed by atoms with van der Waals surface area (Å²) >= 11 is 0. The van der Waals surface area contributed by atoms with Gasteiger partial charge in [-0.15, -0.1) is 0 Å². The van der Waals surface area contributed by atoms with E-state index in [1.165, 1.54) is 6.07 Å². The summed E-state index contributed by atoms with van der Waals surface area (Å²) in [5, 5.41) is 0. The van der Waals surface area contributed by atoms with Crippen LogP contribution in [0.4, 0.5) is 8.78 Å². The van der Waals surface area contributed by atoms with Crippen LogP contribution in [0.25, 0.3) is 0 Å². The number of halogens is 2. The summed E-state index contributed by atoms with van der Waals surface area (Å²) in [6, 6.07) is 2.92. The molecule has 0 aliphatic rings. The fourth-order valence-electron chi connectivity index (χ4n) is 1.59. The zero-order valence-corrected chi connectivity index (χ0v) is 8.74. The Labute approximate surface area is 84.0 Å². The quantitative estimate of drug-likeness (QED) is 0.689. The van der Waals surface area contributed by atoms with Gasteiger partial charge in [0.2, 0.25) is 0 Å². The van der Waals surface area contributed by atoms with Crippen molar-refractivity contribution in [3.05, 3.63) is 34.9 Å². The minimum Gasteiger partial charge on any atom is -0.207 e. The fraction of sp³-hybridized carbons (Fsp3) is 0.500. The van der Waals surface area contributed by atoms with Crippen molar-refractivity contribution < 1.29 is 8.78 Å². The lowest BCUT2D eigenvalue weighted by Crippen LogP contribution is -2.00. The number of hydrogen-bond acceptors (Lipinski definition) is 0. The first-order valence-corrected chi connectivity index (χ1v) is 5.16. The number of benzene rings is 1. The van der Waals surface area contributed by atoms with Gasteiger partial charge in [-0.1, -0.05) is 32.8 Å². The van der Waals surface area contributed by atoms with Crippen molar-refractivity contribution in [2.24, 2.45) is 0 Å². The summed E-state index contributed by atoms with van der Waals surface area (Å²) in [6.45, 7) is 3.91. The Kier molecular flexibility index (Phi) is 4.05. The molecule has 0 heterocycles. The van der Waals surface area contributed by atoms with Gasteiger partial charge in [-0.25, -0.2) is 8.78 Å². The summed E-state index contributed by atoms with van der Waals surface area (Å²) in [6.07, 6.45) is 2.82. The Morgan fingerprint density at radius 3 is 2.21 bits per heavy atom. The van der Waals surface area contributed by atoms with Crippen LogP contribution < -0.4 is 0 Å². The monoisotopic (exact) mass is 198 g/mol. The van der Waals surface area contributed by atoms with Gasteiger partial charge in [-0.2, -0.15) is 0 Å². The second kappa shape index (κ2) is 5.08. The second-order valence-corrected chi connectivity index (χ2v) is 3.50. The molecule has 0 saturated heterocycles. The van der Waals surface area contributed by atoms with E-state index in [4.69, 9.17) is 0 Å². The molecule has 0 aromatic heterocycles. The van der Waals surface area contributed by atoms with E-state index >= 15 is 0 Å². The molecule has 78 valence electrons. The first-order chi connectivity index (χ1) is 6.70. The molecule has 0 atom stereocenters. The predicted molar refractivity (Wildman–Crippen MR) is 54.3 cm³/mol. The smallest absolute Gasteiger partial charge is 0.132 e. The van der Waals surface area contributed by atoms with Crippen molar-refractivity contribution in [3.8, 4) is 0 Å². The topological polar surface area (TPSA) is 0 Å². The Morgan fingerprint density at radius 2 is 1.64 bits per heavy atom. The lowest BCUT2D eigenvalue weighted by Gasteiger charge is -2.07. The third-order valence-electron chi connectivity index (χ3n) is 2.29. The van der Waals surface area contributed by atoms with Crippen molar-refractivity contribution >= 4 is 0 Å². The van der Waals surface area contributed by atoms with Crippen LogP contribution in [0.5, 0.6) is 0 Å². The second-order valence-electron chi connectivity index (χ2n) is 3.50. The van der Waals surface area contributed by atoms with Gasteiger partial charge in [0, 0.05) is 5.56 Å². The molecule has 0 amide bonds. The molecule has 0 spiro atoms. The molecule has 0 bridgehead atoms. The molecule has 0 nitrogen and oxygen atoms in total. The van der Waals surface area contributed by atoms with E-state index in [-0.39, 0.29) is 11.4 Å². The molecule has 1 rings (SSSR count). The summed E-state index contributed by atoms with van der Waals surface area (Å²) in [5.74, 6) is -0.752. The van der Waals surface area contributed by atoms with Gasteiger partial charge in [0.25, 0.3) is 0 Å². The van der Waals surface area contributed by atoms with Crippen molar-refractivity contribution in [1.29, 1.82) is 0 Å². The van der Waals surface area contributed by atoms with Crippen molar-refractivity contribution in [2.45, 2.75) is 39.5 Å². The van der Waals surface area contributed by atoms with E-state index in [0.29, 0.717) is 18.4 Å². The summed E-state index contributed by atoms with van der Waals surface area (Å²) in [4.78, 5) is 0. The van der Waals surface area contributed by atoms with Gasteiger partial charge in [-0.3, -0.25) is 0 Å². The maximum Gasteiger partial charge on any atom is 0.132 e. The summed E-state index contributed by atoms with van der Waals surface area (Å²) in [5.41, 5.74) is 0.885. The van der Waals surface area contributed by atoms with Gasteiger partial charge in [0.05, 0.1) is 0 Å². The largest absolute Gasteiger partial charge is 0.207 e. The molecular formula is C12H16F2. The van der Waals surface area contributed by atoms with Crippen molar-refractivity contribution in [2.75, 3.05) is 0 Å². The van der Waals surface area contributed by atoms with Crippen molar-refractivity contribution in [3.63, 3.8) is 0 Å². The summed E-state index contributed by atoms with van der Waals surface area (Å²) in [7, 11) is 0. The Bertz CT molecular complexity index is 305. The number of aryl methyl sites for hydroxylation is 1. The lowest BCUT2D eigenvalue weighted by atomic mass is 10.0. The molecule has 2 heteroatoms. The highest BCUT2D eigenvalue weighted by atomic mass is 19.1. The molecule has 1 aromatic rings. The number of rotatable bonds is 4. The van der Waals surface area contributed by atoms with E-state index in [1.807, 2.05) is 13.8 Å². The zero-order chi connectivity index (χ0) is 10.6. The van der Waals surface area contributed by atoms with Gasteiger partial charge >= 0.3 is 0 Å². The number of hydrogen-bond donors (Lipinski definition) is 0. The van der Waals surface area contributed by atoms with Crippen LogP contribution in [-0.2, 0) is 12.8 Å². The normalized spacial score (nSPS) is 10.6. The standard InChI is InChI=1S/C12H16F2/c1-3-5-9-7-8-11(13)10(6-4-2)12(9)14/h7-8H,3-6H2,1-2H3. The van der Waals surface area contributed by atoms with Crippen LogP contribution in [0.1, 0.15) is 37.8 Å². The Balaban J connectivity index is 3.05. The van der Waals surface area contributed by atoms with Crippen LogP contribution >= 0.6 is 0 Å². The van der Waals surface area contributed by atoms with Crippen LogP contribution in [-0.4, -0.2) is 0 Å². The average molecular weight is 198 g/mol. The van der Waals surface area contributed by atoms with Gasteiger partial charge in [0.1, 0.15) is 11.6 Å².